The van der Waals surface area contributed by atoms with Crippen molar-refractivity contribution in [1.29, 1.82) is 0 Å². The lowest BCUT2D eigenvalue weighted by Crippen LogP contribution is -2.35. The predicted octanol–water partition coefficient (Wildman–Crippen LogP) is 5.35. The van der Waals surface area contributed by atoms with E-state index in [4.69, 9.17) is 14.5 Å². The summed E-state index contributed by atoms with van der Waals surface area (Å²) in [5.41, 5.74) is 1.56. The van der Waals surface area contributed by atoms with E-state index in [1.807, 2.05) is 29.8 Å². The first-order valence-electron chi connectivity index (χ1n) is 10.6. The molecule has 0 radical (unpaired) electrons. The monoisotopic (exact) mass is 437 g/mol. The fraction of sp³-hybridized carbons (Fsp3) is 0.417. The molecular formula is C24H27N3O3S. The average Bonchev–Trinajstić information content (AvgIpc) is 3.08. The van der Waals surface area contributed by atoms with E-state index in [9.17, 15) is 4.79 Å². The van der Waals surface area contributed by atoms with Crippen molar-refractivity contribution in [2.45, 2.75) is 50.5 Å². The minimum absolute atomic E-state index is 0.0621. The van der Waals surface area contributed by atoms with Gasteiger partial charge in [-0.25, -0.2) is 4.99 Å². The summed E-state index contributed by atoms with van der Waals surface area (Å²) in [6, 6.07) is 12.4. The Morgan fingerprint density at radius 2 is 2.00 bits per heavy atom. The Labute approximate surface area is 185 Å². The summed E-state index contributed by atoms with van der Waals surface area (Å²) in [5, 5.41) is 6.09. The maximum Gasteiger partial charge on any atom is 0.271 e. The zero-order valence-electron chi connectivity index (χ0n) is 18.3. The molecule has 162 valence electrons. The van der Waals surface area contributed by atoms with Crippen molar-refractivity contribution in [3.63, 3.8) is 0 Å². The van der Waals surface area contributed by atoms with Gasteiger partial charge in [-0.1, -0.05) is 42.1 Å². The predicted molar refractivity (Wildman–Crippen MR) is 126 cm³/mol. The minimum Gasteiger partial charge on any atom is -0.496 e. The number of nitrogens with one attached hydrogen (secondary N) is 1. The molecule has 2 atom stereocenters. The van der Waals surface area contributed by atoms with Gasteiger partial charge in [-0.2, -0.15) is 0 Å². The number of benzene rings is 2. The Morgan fingerprint density at radius 3 is 2.74 bits per heavy atom. The van der Waals surface area contributed by atoms with Crippen molar-refractivity contribution in [2.24, 2.45) is 4.99 Å². The molecule has 7 heteroatoms. The summed E-state index contributed by atoms with van der Waals surface area (Å²) in [4.78, 5) is 18.0. The maximum absolute atomic E-state index is 13.2. The van der Waals surface area contributed by atoms with Gasteiger partial charge in [0.05, 0.1) is 34.6 Å². The lowest BCUT2D eigenvalue weighted by molar-refractivity contribution is -0.0705. The second kappa shape index (κ2) is 7.57. The van der Waals surface area contributed by atoms with Gasteiger partial charge < -0.3 is 9.47 Å². The van der Waals surface area contributed by atoms with E-state index < -0.39 is 0 Å². The van der Waals surface area contributed by atoms with E-state index in [1.54, 1.807) is 18.9 Å². The van der Waals surface area contributed by atoms with Gasteiger partial charge in [0, 0.05) is 12.0 Å². The third-order valence-corrected chi connectivity index (χ3v) is 7.36. The summed E-state index contributed by atoms with van der Waals surface area (Å²) in [6.07, 6.45) is 1.69. The zero-order chi connectivity index (χ0) is 21.8. The van der Waals surface area contributed by atoms with Crippen LogP contribution in [0.2, 0.25) is 0 Å². The summed E-state index contributed by atoms with van der Waals surface area (Å²) < 4.78 is 13.5. The number of fused-ring (bicyclic) bond motifs is 2. The van der Waals surface area contributed by atoms with Crippen LogP contribution in [-0.2, 0) is 4.74 Å². The van der Waals surface area contributed by atoms with E-state index in [-0.39, 0.29) is 22.5 Å². The molecule has 0 saturated carbocycles. The first-order chi connectivity index (χ1) is 14.9. The average molecular weight is 438 g/mol. The fourth-order valence-electron chi connectivity index (χ4n) is 4.81. The quantitative estimate of drug-likeness (QED) is 0.599. The van der Waals surface area contributed by atoms with Crippen LogP contribution in [-0.4, -0.2) is 34.1 Å². The smallest absolute Gasteiger partial charge is 0.271 e. The van der Waals surface area contributed by atoms with E-state index in [0.29, 0.717) is 6.61 Å². The molecule has 5 rings (SSSR count). The highest BCUT2D eigenvalue weighted by Gasteiger charge is 2.36. The van der Waals surface area contributed by atoms with Crippen LogP contribution < -0.4 is 10.3 Å². The molecule has 31 heavy (non-hydrogen) atoms. The molecular weight excluding hydrogens is 410 g/mol. The Morgan fingerprint density at radius 1 is 1.23 bits per heavy atom. The minimum atomic E-state index is -0.218. The van der Waals surface area contributed by atoms with Gasteiger partial charge in [0.15, 0.2) is 5.82 Å². The van der Waals surface area contributed by atoms with Crippen LogP contribution in [0.3, 0.4) is 0 Å². The molecule has 1 saturated heterocycles. The topological polar surface area (TPSA) is 68.6 Å². The number of methoxy groups -OCH3 is 1. The van der Waals surface area contributed by atoms with Crippen molar-refractivity contribution in [1.82, 2.24) is 9.78 Å². The van der Waals surface area contributed by atoms with Crippen molar-refractivity contribution >= 4 is 33.4 Å². The van der Waals surface area contributed by atoms with Gasteiger partial charge >= 0.3 is 0 Å². The maximum atomic E-state index is 13.2. The third kappa shape index (κ3) is 3.49. The molecule has 0 bridgehead atoms. The van der Waals surface area contributed by atoms with Crippen molar-refractivity contribution in [2.75, 3.05) is 13.7 Å². The number of aromatic nitrogens is 2. The van der Waals surface area contributed by atoms with E-state index in [2.05, 4.69) is 37.1 Å². The number of aromatic amines is 1. The number of H-pyrrole nitrogens is 1. The number of aliphatic imine (C=N–C) groups is 1. The van der Waals surface area contributed by atoms with Gasteiger partial charge in [-0.3, -0.25) is 14.6 Å². The number of hydrogen-bond acceptors (Lipinski definition) is 5. The van der Waals surface area contributed by atoms with E-state index >= 15 is 0 Å². The molecule has 1 aromatic heterocycles. The molecule has 0 amide bonds. The second-order valence-corrected chi connectivity index (χ2v) is 10.1. The molecule has 2 aliphatic rings. The molecule has 2 aliphatic heterocycles. The number of hydrogen-bond donors (Lipinski definition) is 1. The van der Waals surface area contributed by atoms with Crippen molar-refractivity contribution < 1.29 is 9.47 Å². The SMILES string of the molecule is COc1ccc([C@H]2SC(C)=Nc3c2c(=O)[nH]n3[C@@H]2CCOC(C)(C)C2)c2ccccc12. The molecule has 6 nitrogen and oxygen atoms in total. The number of thioether (sulfide) groups is 1. The van der Waals surface area contributed by atoms with E-state index in [1.165, 1.54) is 0 Å². The van der Waals surface area contributed by atoms with Gasteiger partial charge in [0.25, 0.3) is 5.56 Å². The van der Waals surface area contributed by atoms with Gasteiger partial charge in [-0.15, -0.1) is 0 Å². The molecule has 0 spiro atoms. The fourth-order valence-corrected chi connectivity index (χ4v) is 5.96. The highest BCUT2D eigenvalue weighted by Crippen LogP contribution is 2.47. The highest BCUT2D eigenvalue weighted by atomic mass is 32.2. The third-order valence-electron chi connectivity index (χ3n) is 6.21. The summed E-state index contributed by atoms with van der Waals surface area (Å²) in [5.74, 6) is 1.59. The van der Waals surface area contributed by atoms with E-state index in [0.717, 1.165) is 51.4 Å². The first-order valence-corrected chi connectivity index (χ1v) is 11.5. The summed E-state index contributed by atoms with van der Waals surface area (Å²) >= 11 is 1.64. The lowest BCUT2D eigenvalue weighted by atomic mass is 9.94. The van der Waals surface area contributed by atoms with Crippen LogP contribution >= 0.6 is 11.8 Å². The van der Waals surface area contributed by atoms with Crippen molar-refractivity contribution in [3.8, 4) is 5.75 Å². The van der Waals surface area contributed by atoms with Crippen LogP contribution in [0, 0.1) is 0 Å². The number of rotatable bonds is 3. The summed E-state index contributed by atoms with van der Waals surface area (Å²) in [7, 11) is 1.69. The molecule has 0 unspecified atom stereocenters. The molecule has 1 N–H and O–H groups in total. The Bertz CT molecular complexity index is 1240. The standard InChI is InChI=1S/C24H27N3O3S/c1-14-25-22-20(23(28)26-27(22)15-11-12-30-24(2,3)13-15)21(31-14)18-9-10-19(29-4)17-8-6-5-7-16(17)18/h5-10,15,21H,11-13H2,1-4H3,(H,26,28)/t15-,21-/m1/s1. The van der Waals surface area contributed by atoms with Crippen LogP contribution in [0.25, 0.3) is 10.8 Å². The molecule has 3 aromatic rings. The molecule has 3 heterocycles. The second-order valence-electron chi connectivity index (χ2n) is 8.83. The first kappa shape index (κ1) is 20.4. The van der Waals surface area contributed by atoms with Crippen LogP contribution in [0.15, 0.2) is 46.2 Å². The Hall–Kier alpha value is -2.51. The lowest BCUT2D eigenvalue weighted by Gasteiger charge is -2.36. The van der Waals surface area contributed by atoms with Gasteiger partial charge in [0.1, 0.15) is 5.75 Å². The molecule has 2 aromatic carbocycles. The Kier molecular flexibility index (Phi) is 4.98. The summed E-state index contributed by atoms with van der Waals surface area (Å²) in [6.45, 7) is 6.90. The van der Waals surface area contributed by atoms with Gasteiger partial charge in [0.2, 0.25) is 0 Å². The van der Waals surface area contributed by atoms with Crippen LogP contribution in [0.1, 0.15) is 56.0 Å². The van der Waals surface area contributed by atoms with Gasteiger partial charge in [-0.05, 0) is 50.6 Å². The Balaban J connectivity index is 1.66. The van der Waals surface area contributed by atoms with Crippen LogP contribution in [0.4, 0.5) is 5.82 Å². The van der Waals surface area contributed by atoms with Crippen molar-refractivity contribution in [3.05, 3.63) is 57.9 Å². The normalized spacial score (nSPS) is 22.8. The zero-order valence-corrected chi connectivity index (χ0v) is 19.1. The largest absolute Gasteiger partial charge is 0.496 e. The molecule has 0 aliphatic carbocycles. The number of ether oxygens (including phenoxy) is 2. The molecule has 1 fully saturated rings. The number of nitrogens with zero attached hydrogens (tertiary/aromatic N) is 2. The highest BCUT2D eigenvalue weighted by molar-refractivity contribution is 8.14. The van der Waals surface area contributed by atoms with Crippen LogP contribution in [0.5, 0.6) is 5.75 Å².